The molecule has 1 atom stereocenters. The lowest BCUT2D eigenvalue weighted by molar-refractivity contribution is -0.126. The summed E-state index contributed by atoms with van der Waals surface area (Å²) >= 11 is 0. The van der Waals surface area contributed by atoms with Gasteiger partial charge in [0.1, 0.15) is 6.04 Å². The molecule has 0 bridgehead atoms. The molecule has 1 saturated carbocycles. The van der Waals surface area contributed by atoms with Crippen LogP contribution in [0.1, 0.15) is 59.0 Å². The van der Waals surface area contributed by atoms with Crippen LogP contribution in [0.5, 0.6) is 0 Å². The molecule has 4 rings (SSSR count). The predicted octanol–water partition coefficient (Wildman–Crippen LogP) is 4.46. The van der Waals surface area contributed by atoms with Crippen molar-refractivity contribution in [3.63, 3.8) is 0 Å². The predicted molar refractivity (Wildman–Crippen MR) is 134 cm³/mol. The number of rotatable bonds is 8. The third-order valence-corrected chi connectivity index (χ3v) is 6.38. The molecule has 35 heavy (non-hydrogen) atoms. The summed E-state index contributed by atoms with van der Waals surface area (Å²) in [5.41, 5.74) is 3.20. The summed E-state index contributed by atoms with van der Waals surface area (Å²) in [5.74, 6) is -0.992. The highest BCUT2D eigenvalue weighted by atomic mass is 16.3. The zero-order valence-electron chi connectivity index (χ0n) is 20.1. The average Bonchev–Trinajstić information content (AvgIpc) is 3.56. The van der Waals surface area contributed by atoms with E-state index in [1.54, 1.807) is 6.07 Å². The number of carbonyl (C=O) groups excluding carboxylic acids is 3. The van der Waals surface area contributed by atoms with Crippen LogP contribution in [-0.4, -0.2) is 30.3 Å². The highest BCUT2D eigenvalue weighted by Gasteiger charge is 2.35. The van der Waals surface area contributed by atoms with Crippen molar-refractivity contribution in [2.45, 2.75) is 51.6 Å². The van der Waals surface area contributed by atoms with Gasteiger partial charge in [0, 0.05) is 11.7 Å². The van der Waals surface area contributed by atoms with Gasteiger partial charge in [-0.05, 0) is 67.6 Å². The molecule has 182 valence electrons. The molecular weight excluding hydrogens is 442 g/mol. The SMILES string of the molecule is Cc1cccc(N(C(=O)CNC(=O)c2ccco2)C(C(=O)NC2CCCC2)c2ccccc2C)c1. The van der Waals surface area contributed by atoms with E-state index in [4.69, 9.17) is 4.42 Å². The van der Waals surface area contributed by atoms with Crippen molar-refractivity contribution in [2.24, 2.45) is 0 Å². The summed E-state index contributed by atoms with van der Waals surface area (Å²) in [5, 5.41) is 5.80. The number of furan rings is 1. The minimum Gasteiger partial charge on any atom is -0.459 e. The first-order chi connectivity index (χ1) is 16.9. The summed E-state index contributed by atoms with van der Waals surface area (Å²) in [6.07, 6.45) is 5.43. The van der Waals surface area contributed by atoms with Gasteiger partial charge in [0.25, 0.3) is 5.91 Å². The summed E-state index contributed by atoms with van der Waals surface area (Å²) < 4.78 is 5.13. The Morgan fingerprint density at radius 2 is 1.77 bits per heavy atom. The Morgan fingerprint density at radius 1 is 1.00 bits per heavy atom. The van der Waals surface area contributed by atoms with E-state index < -0.39 is 17.9 Å². The topological polar surface area (TPSA) is 91.7 Å². The van der Waals surface area contributed by atoms with Crippen molar-refractivity contribution < 1.29 is 18.8 Å². The molecule has 7 nitrogen and oxygen atoms in total. The second-order valence-electron chi connectivity index (χ2n) is 9.01. The smallest absolute Gasteiger partial charge is 0.287 e. The van der Waals surface area contributed by atoms with Crippen LogP contribution in [0.4, 0.5) is 5.69 Å². The van der Waals surface area contributed by atoms with E-state index in [2.05, 4.69) is 10.6 Å². The minimum atomic E-state index is -0.883. The minimum absolute atomic E-state index is 0.0992. The third-order valence-electron chi connectivity index (χ3n) is 6.38. The van der Waals surface area contributed by atoms with Gasteiger partial charge in [0.2, 0.25) is 11.8 Å². The molecule has 1 unspecified atom stereocenters. The summed E-state index contributed by atoms with van der Waals surface area (Å²) in [6.45, 7) is 3.58. The zero-order chi connectivity index (χ0) is 24.8. The summed E-state index contributed by atoms with van der Waals surface area (Å²) in [7, 11) is 0. The Balaban J connectivity index is 1.70. The van der Waals surface area contributed by atoms with Gasteiger partial charge in [0.05, 0.1) is 12.8 Å². The molecule has 1 fully saturated rings. The number of nitrogens with one attached hydrogen (secondary N) is 2. The van der Waals surface area contributed by atoms with E-state index in [0.717, 1.165) is 42.4 Å². The lowest BCUT2D eigenvalue weighted by atomic mass is 9.97. The molecule has 1 aromatic heterocycles. The normalized spacial score (nSPS) is 14.3. The number of carbonyl (C=O) groups is 3. The fourth-order valence-electron chi connectivity index (χ4n) is 4.59. The Morgan fingerprint density at radius 3 is 2.46 bits per heavy atom. The summed E-state index contributed by atoms with van der Waals surface area (Å²) in [6, 6.07) is 17.4. The number of hydrogen-bond donors (Lipinski definition) is 2. The van der Waals surface area contributed by atoms with Crippen LogP contribution < -0.4 is 15.5 Å². The molecule has 0 saturated heterocycles. The average molecular weight is 474 g/mol. The van der Waals surface area contributed by atoms with Crippen LogP contribution >= 0.6 is 0 Å². The van der Waals surface area contributed by atoms with Crippen molar-refractivity contribution in [2.75, 3.05) is 11.4 Å². The molecular formula is C28H31N3O4. The number of nitrogens with zero attached hydrogens (tertiary/aromatic N) is 1. The van der Waals surface area contributed by atoms with Gasteiger partial charge in [-0.15, -0.1) is 0 Å². The van der Waals surface area contributed by atoms with Gasteiger partial charge in [-0.2, -0.15) is 0 Å². The Kier molecular flexibility index (Phi) is 7.65. The second-order valence-corrected chi connectivity index (χ2v) is 9.01. The van der Waals surface area contributed by atoms with E-state index in [1.165, 1.54) is 17.2 Å². The molecule has 7 heteroatoms. The quantitative estimate of drug-likeness (QED) is 0.505. The second kappa shape index (κ2) is 11.0. The fraction of sp³-hybridized carbons (Fsp3) is 0.321. The van der Waals surface area contributed by atoms with Crippen LogP contribution in [0.25, 0.3) is 0 Å². The lowest BCUT2D eigenvalue weighted by Gasteiger charge is -2.33. The monoisotopic (exact) mass is 473 g/mol. The Labute approximate surface area is 205 Å². The fourth-order valence-corrected chi connectivity index (χ4v) is 4.59. The van der Waals surface area contributed by atoms with E-state index in [-0.39, 0.29) is 24.3 Å². The molecule has 1 aliphatic carbocycles. The highest BCUT2D eigenvalue weighted by molar-refractivity contribution is 6.04. The van der Waals surface area contributed by atoms with Crippen LogP contribution in [0.3, 0.4) is 0 Å². The van der Waals surface area contributed by atoms with Gasteiger partial charge >= 0.3 is 0 Å². The number of benzene rings is 2. The van der Waals surface area contributed by atoms with E-state index >= 15 is 0 Å². The van der Waals surface area contributed by atoms with Gasteiger partial charge in [0.15, 0.2) is 5.76 Å². The first-order valence-electron chi connectivity index (χ1n) is 12.0. The van der Waals surface area contributed by atoms with Crippen molar-refractivity contribution in [3.8, 4) is 0 Å². The number of aryl methyl sites for hydroxylation is 2. The maximum atomic E-state index is 13.8. The van der Waals surface area contributed by atoms with Crippen molar-refractivity contribution in [1.29, 1.82) is 0 Å². The van der Waals surface area contributed by atoms with E-state index in [9.17, 15) is 14.4 Å². The lowest BCUT2D eigenvalue weighted by Crippen LogP contribution is -2.49. The van der Waals surface area contributed by atoms with Crippen LogP contribution in [0, 0.1) is 13.8 Å². The third kappa shape index (κ3) is 5.80. The molecule has 2 aromatic carbocycles. The van der Waals surface area contributed by atoms with E-state index in [1.807, 2.05) is 62.4 Å². The first-order valence-corrected chi connectivity index (χ1v) is 12.0. The molecule has 3 amide bonds. The standard InChI is InChI=1S/C28H31N3O4/c1-19-9-7-13-22(17-19)31(25(32)18-29-27(33)24-15-8-16-35-24)26(23-14-6-3-10-20(23)2)28(34)30-21-11-4-5-12-21/h3,6-10,13-17,21,26H,4-5,11-12,18H2,1-2H3,(H,29,33)(H,30,34). The Bertz CT molecular complexity index is 1180. The molecule has 1 aliphatic rings. The van der Waals surface area contributed by atoms with Crippen molar-refractivity contribution >= 4 is 23.4 Å². The molecule has 2 N–H and O–H groups in total. The summed E-state index contributed by atoms with van der Waals surface area (Å²) in [4.78, 5) is 41.4. The zero-order valence-corrected chi connectivity index (χ0v) is 20.1. The van der Waals surface area contributed by atoms with Gasteiger partial charge in [-0.3, -0.25) is 19.3 Å². The Hall–Kier alpha value is -3.87. The number of anilines is 1. The van der Waals surface area contributed by atoms with Gasteiger partial charge < -0.3 is 15.1 Å². The van der Waals surface area contributed by atoms with Crippen molar-refractivity contribution in [1.82, 2.24) is 10.6 Å². The molecule has 1 heterocycles. The van der Waals surface area contributed by atoms with Gasteiger partial charge in [-0.1, -0.05) is 49.2 Å². The number of hydrogen-bond acceptors (Lipinski definition) is 4. The van der Waals surface area contributed by atoms with Crippen LogP contribution in [-0.2, 0) is 9.59 Å². The van der Waals surface area contributed by atoms with Crippen molar-refractivity contribution in [3.05, 3.63) is 89.4 Å². The van der Waals surface area contributed by atoms with Crippen LogP contribution in [0.15, 0.2) is 71.3 Å². The van der Waals surface area contributed by atoms with E-state index in [0.29, 0.717) is 5.69 Å². The van der Waals surface area contributed by atoms with Crippen LogP contribution in [0.2, 0.25) is 0 Å². The molecule has 0 spiro atoms. The molecule has 3 aromatic rings. The maximum absolute atomic E-state index is 13.8. The largest absolute Gasteiger partial charge is 0.459 e. The number of amides is 3. The first kappa shape index (κ1) is 24.3. The highest BCUT2D eigenvalue weighted by Crippen LogP contribution is 2.31. The molecule has 0 radical (unpaired) electrons. The molecule has 0 aliphatic heterocycles. The maximum Gasteiger partial charge on any atom is 0.287 e. The van der Waals surface area contributed by atoms with Gasteiger partial charge in [-0.25, -0.2) is 0 Å².